The van der Waals surface area contributed by atoms with Crippen molar-refractivity contribution in [1.29, 1.82) is 0 Å². The third-order valence-electron chi connectivity index (χ3n) is 5.94. The van der Waals surface area contributed by atoms with Gasteiger partial charge in [-0.3, -0.25) is 0 Å². The van der Waals surface area contributed by atoms with E-state index in [0.717, 1.165) is 38.2 Å². The summed E-state index contributed by atoms with van der Waals surface area (Å²) in [5.41, 5.74) is 6.48. The molecule has 128 valence electrons. The van der Waals surface area contributed by atoms with Gasteiger partial charge in [-0.1, -0.05) is 6.92 Å². The minimum atomic E-state index is -1.49. The molecule has 0 saturated heterocycles. The number of hydrogen-bond donors (Lipinski definition) is 2. The fourth-order valence-electron chi connectivity index (χ4n) is 4.49. The first-order chi connectivity index (χ1) is 10.9. The van der Waals surface area contributed by atoms with Gasteiger partial charge in [0.1, 0.15) is 0 Å². The molecule has 23 heavy (non-hydrogen) atoms. The van der Waals surface area contributed by atoms with Crippen LogP contribution in [-0.4, -0.2) is 11.1 Å². The van der Waals surface area contributed by atoms with E-state index in [-0.39, 0.29) is 23.4 Å². The lowest BCUT2D eigenvalue weighted by atomic mass is 9.72. The van der Waals surface area contributed by atoms with Crippen LogP contribution in [0.5, 0.6) is 0 Å². The van der Waals surface area contributed by atoms with Crippen LogP contribution in [0.2, 0.25) is 0 Å². The van der Waals surface area contributed by atoms with Gasteiger partial charge in [0.2, 0.25) is 0 Å². The topological polar surface area (TPSA) is 46.2 Å². The van der Waals surface area contributed by atoms with Crippen molar-refractivity contribution >= 4 is 0 Å². The maximum atomic E-state index is 14.0. The molecule has 1 aromatic rings. The predicted molar refractivity (Wildman–Crippen MR) is 82.2 cm³/mol. The Balaban J connectivity index is 1.74. The van der Waals surface area contributed by atoms with Gasteiger partial charge in [-0.25, -0.2) is 13.2 Å². The molecule has 2 aliphatic rings. The molecular formula is C18H24F3NO. The number of aliphatic hydroxyl groups excluding tert-OH is 1. The Morgan fingerprint density at radius 2 is 1.83 bits per heavy atom. The predicted octanol–water partition coefficient (Wildman–Crippen LogP) is 3.85. The van der Waals surface area contributed by atoms with Gasteiger partial charge in [-0.2, -0.15) is 0 Å². The highest BCUT2D eigenvalue weighted by atomic mass is 19.2. The van der Waals surface area contributed by atoms with Crippen molar-refractivity contribution in [2.24, 2.45) is 23.5 Å². The van der Waals surface area contributed by atoms with Crippen LogP contribution >= 0.6 is 0 Å². The largest absolute Gasteiger partial charge is 0.388 e. The molecule has 3 rings (SSSR count). The number of fused-ring (bicyclic) bond motifs is 1. The van der Waals surface area contributed by atoms with Crippen LogP contribution in [-0.2, 0) is 6.42 Å². The zero-order chi connectivity index (χ0) is 16.7. The van der Waals surface area contributed by atoms with Crippen LogP contribution in [0.3, 0.4) is 0 Å². The van der Waals surface area contributed by atoms with Crippen LogP contribution in [0, 0.1) is 35.2 Å². The summed E-state index contributed by atoms with van der Waals surface area (Å²) in [6.45, 7) is 2.08. The Hall–Kier alpha value is -1.07. The summed E-state index contributed by atoms with van der Waals surface area (Å²) in [5, 5.41) is 10.5. The molecule has 3 atom stereocenters. The fourth-order valence-corrected chi connectivity index (χ4v) is 4.49. The van der Waals surface area contributed by atoms with Crippen molar-refractivity contribution in [3.05, 3.63) is 34.6 Å². The Morgan fingerprint density at radius 1 is 1.17 bits per heavy atom. The quantitative estimate of drug-likeness (QED) is 0.828. The van der Waals surface area contributed by atoms with Gasteiger partial charge in [0.25, 0.3) is 0 Å². The first kappa shape index (κ1) is 16.8. The second-order valence-corrected chi connectivity index (χ2v) is 7.12. The zero-order valence-electron chi connectivity index (χ0n) is 13.4. The number of aliphatic hydroxyl groups is 1. The molecule has 0 spiro atoms. The summed E-state index contributed by atoms with van der Waals surface area (Å²) in [6, 6.07) is 1.25. The smallest absolute Gasteiger partial charge is 0.194 e. The van der Waals surface area contributed by atoms with Crippen LogP contribution in [0.1, 0.15) is 56.3 Å². The molecule has 2 nitrogen and oxygen atoms in total. The highest BCUT2D eigenvalue weighted by Gasteiger charge is 2.41. The maximum absolute atomic E-state index is 14.0. The monoisotopic (exact) mass is 327 g/mol. The molecule has 3 N–H and O–H groups in total. The number of nitrogens with two attached hydrogens (primary N) is 1. The van der Waals surface area contributed by atoms with Gasteiger partial charge in [-0.05, 0) is 67.9 Å². The van der Waals surface area contributed by atoms with E-state index in [1.165, 1.54) is 0 Å². The molecule has 1 fully saturated rings. The molecule has 0 aliphatic heterocycles. The third-order valence-corrected chi connectivity index (χ3v) is 5.94. The van der Waals surface area contributed by atoms with Crippen LogP contribution < -0.4 is 5.73 Å². The minimum absolute atomic E-state index is 0.0405. The molecule has 1 aromatic carbocycles. The van der Waals surface area contributed by atoms with Gasteiger partial charge in [-0.15, -0.1) is 0 Å². The molecule has 0 radical (unpaired) electrons. The fraction of sp³-hybridized carbons (Fsp3) is 0.667. The standard InChI is InChI=1S/C18H24F3NO/c1-2-14(22)10-5-3-9(4-6-10)12-7-11-8-13(19)16(20)17(21)15(11)18(12)23/h8-10,12,14,18,23H,2-7,22H2,1H3. The molecule has 0 heterocycles. The third kappa shape index (κ3) is 2.89. The molecule has 1 saturated carbocycles. The second-order valence-electron chi connectivity index (χ2n) is 7.12. The average Bonchev–Trinajstić information content (AvgIpc) is 2.88. The van der Waals surface area contributed by atoms with Crippen molar-refractivity contribution in [2.75, 3.05) is 0 Å². The van der Waals surface area contributed by atoms with Crippen molar-refractivity contribution in [2.45, 2.75) is 57.6 Å². The van der Waals surface area contributed by atoms with Crippen LogP contribution in [0.4, 0.5) is 13.2 Å². The van der Waals surface area contributed by atoms with Crippen molar-refractivity contribution < 1.29 is 18.3 Å². The van der Waals surface area contributed by atoms with E-state index in [1.54, 1.807) is 0 Å². The van der Waals surface area contributed by atoms with Crippen molar-refractivity contribution in [3.63, 3.8) is 0 Å². The molecular weight excluding hydrogens is 303 g/mol. The summed E-state index contributed by atoms with van der Waals surface area (Å²) in [6.07, 6.45) is 4.20. The lowest BCUT2D eigenvalue weighted by Gasteiger charge is -2.35. The first-order valence-corrected chi connectivity index (χ1v) is 8.53. The molecule has 0 amide bonds. The summed E-state index contributed by atoms with van der Waals surface area (Å²) < 4.78 is 40.8. The highest BCUT2D eigenvalue weighted by Crippen LogP contribution is 2.47. The van der Waals surface area contributed by atoms with E-state index in [9.17, 15) is 18.3 Å². The van der Waals surface area contributed by atoms with E-state index < -0.39 is 23.6 Å². The second kappa shape index (κ2) is 6.44. The Kier molecular flexibility index (Phi) is 4.70. The summed E-state index contributed by atoms with van der Waals surface area (Å²) >= 11 is 0. The van der Waals surface area contributed by atoms with E-state index in [2.05, 4.69) is 6.92 Å². The summed E-state index contributed by atoms with van der Waals surface area (Å²) in [4.78, 5) is 0. The van der Waals surface area contributed by atoms with Crippen LogP contribution in [0.15, 0.2) is 6.07 Å². The van der Waals surface area contributed by atoms with Gasteiger partial charge in [0.05, 0.1) is 6.10 Å². The summed E-state index contributed by atoms with van der Waals surface area (Å²) in [5.74, 6) is -3.28. The normalized spacial score (nSPS) is 31.9. The molecule has 0 bridgehead atoms. The zero-order valence-corrected chi connectivity index (χ0v) is 13.4. The Morgan fingerprint density at radius 3 is 2.43 bits per heavy atom. The lowest BCUT2D eigenvalue weighted by molar-refractivity contribution is 0.0598. The SMILES string of the molecule is CCC(N)C1CCC(C2Cc3cc(F)c(F)c(F)c3C2O)CC1. The Bertz CT molecular complexity index is 584. The molecule has 2 aliphatic carbocycles. The number of benzene rings is 1. The number of rotatable bonds is 3. The highest BCUT2D eigenvalue weighted by molar-refractivity contribution is 5.37. The number of halogens is 3. The first-order valence-electron chi connectivity index (χ1n) is 8.53. The molecule has 5 heteroatoms. The van der Waals surface area contributed by atoms with Gasteiger partial charge in [0, 0.05) is 11.6 Å². The lowest BCUT2D eigenvalue weighted by Crippen LogP contribution is -2.34. The van der Waals surface area contributed by atoms with E-state index in [0.29, 0.717) is 17.9 Å². The van der Waals surface area contributed by atoms with Crippen molar-refractivity contribution in [1.82, 2.24) is 0 Å². The van der Waals surface area contributed by atoms with Crippen LogP contribution in [0.25, 0.3) is 0 Å². The maximum Gasteiger partial charge on any atom is 0.194 e. The van der Waals surface area contributed by atoms with Gasteiger partial charge >= 0.3 is 0 Å². The molecule has 3 unspecified atom stereocenters. The van der Waals surface area contributed by atoms with Gasteiger partial charge < -0.3 is 10.8 Å². The Labute approximate surface area is 134 Å². The van der Waals surface area contributed by atoms with Crippen molar-refractivity contribution in [3.8, 4) is 0 Å². The van der Waals surface area contributed by atoms with E-state index >= 15 is 0 Å². The van der Waals surface area contributed by atoms with Gasteiger partial charge in [0.15, 0.2) is 17.5 Å². The van der Waals surface area contributed by atoms with E-state index in [4.69, 9.17) is 5.73 Å². The minimum Gasteiger partial charge on any atom is -0.388 e. The molecule has 0 aromatic heterocycles. The summed E-state index contributed by atoms with van der Waals surface area (Å²) in [7, 11) is 0. The van der Waals surface area contributed by atoms with E-state index in [1.807, 2.05) is 0 Å². The average molecular weight is 327 g/mol. The number of hydrogen-bond acceptors (Lipinski definition) is 2.